The van der Waals surface area contributed by atoms with Crippen molar-refractivity contribution >= 4 is 11.9 Å². The molecule has 2 heterocycles. The summed E-state index contributed by atoms with van der Waals surface area (Å²) in [6.07, 6.45) is 1.95. The van der Waals surface area contributed by atoms with Crippen LogP contribution < -0.4 is 10.6 Å². The second-order valence-electron chi connectivity index (χ2n) is 4.79. The number of rotatable bonds is 3. The number of aromatic nitrogens is 2. The minimum absolute atomic E-state index is 0.0213. The van der Waals surface area contributed by atoms with E-state index in [1.807, 2.05) is 0 Å². The predicted octanol–water partition coefficient (Wildman–Crippen LogP) is 1.16. The van der Waals surface area contributed by atoms with Gasteiger partial charge < -0.3 is 19.9 Å². The Kier molecular flexibility index (Phi) is 3.44. The van der Waals surface area contributed by atoms with Crippen LogP contribution in [0.15, 0.2) is 22.6 Å². The van der Waals surface area contributed by atoms with Crippen molar-refractivity contribution in [1.82, 2.24) is 15.5 Å². The number of phenolic OH excluding ortho intramolecular Hbond substituents is 2. The predicted molar refractivity (Wildman–Crippen MR) is 72.0 cm³/mol. The molecule has 2 aromatic rings. The average Bonchev–Trinajstić information content (AvgIpc) is 3.07. The Morgan fingerprint density at radius 3 is 2.71 bits per heavy atom. The molecule has 0 saturated carbocycles. The molecular formula is C13H14N4O4. The van der Waals surface area contributed by atoms with Crippen LogP contribution in [0.5, 0.6) is 11.5 Å². The van der Waals surface area contributed by atoms with E-state index in [4.69, 9.17) is 4.42 Å². The van der Waals surface area contributed by atoms with E-state index in [0.717, 1.165) is 25.5 Å². The Morgan fingerprint density at radius 2 is 2.05 bits per heavy atom. The third kappa shape index (κ3) is 2.95. The topological polar surface area (TPSA) is 121 Å². The van der Waals surface area contributed by atoms with E-state index in [-0.39, 0.29) is 29.1 Å². The first kappa shape index (κ1) is 13.4. The molecule has 1 aliphatic rings. The Balaban J connectivity index is 1.72. The molecule has 1 amide bonds. The number of anilines is 1. The zero-order valence-corrected chi connectivity index (χ0v) is 11.0. The van der Waals surface area contributed by atoms with Gasteiger partial charge in [-0.1, -0.05) is 5.10 Å². The van der Waals surface area contributed by atoms with Gasteiger partial charge in [0.15, 0.2) is 0 Å². The van der Waals surface area contributed by atoms with Crippen molar-refractivity contribution in [3.63, 3.8) is 0 Å². The molecule has 0 bridgehead atoms. The van der Waals surface area contributed by atoms with Gasteiger partial charge >= 0.3 is 6.01 Å². The second kappa shape index (κ2) is 5.41. The van der Waals surface area contributed by atoms with Gasteiger partial charge in [-0.3, -0.25) is 10.1 Å². The fourth-order valence-electron chi connectivity index (χ4n) is 2.22. The maximum absolute atomic E-state index is 12.0. The first-order valence-corrected chi connectivity index (χ1v) is 6.53. The highest BCUT2D eigenvalue weighted by Gasteiger charge is 2.22. The minimum atomic E-state index is -0.559. The van der Waals surface area contributed by atoms with Crippen molar-refractivity contribution in [2.45, 2.75) is 18.9 Å². The van der Waals surface area contributed by atoms with Crippen LogP contribution in [-0.4, -0.2) is 32.9 Å². The van der Waals surface area contributed by atoms with E-state index in [2.05, 4.69) is 20.8 Å². The van der Waals surface area contributed by atoms with E-state index >= 15 is 0 Å². The number of aromatic hydroxyl groups is 2. The first-order valence-electron chi connectivity index (χ1n) is 6.53. The van der Waals surface area contributed by atoms with E-state index in [1.54, 1.807) is 0 Å². The van der Waals surface area contributed by atoms with Crippen molar-refractivity contribution in [2.24, 2.45) is 0 Å². The molecule has 1 fully saturated rings. The number of hydrogen-bond acceptors (Lipinski definition) is 7. The minimum Gasteiger partial charge on any atom is -0.508 e. The molecule has 1 aliphatic heterocycles. The fraction of sp³-hybridized carbons (Fsp3) is 0.308. The van der Waals surface area contributed by atoms with Gasteiger partial charge in [0.2, 0.25) is 5.89 Å². The summed E-state index contributed by atoms with van der Waals surface area (Å²) in [6, 6.07) is 3.59. The van der Waals surface area contributed by atoms with Gasteiger partial charge in [0.25, 0.3) is 5.91 Å². The smallest absolute Gasteiger partial charge is 0.322 e. The number of hydrogen-bond donors (Lipinski definition) is 4. The van der Waals surface area contributed by atoms with Crippen LogP contribution in [0, 0.1) is 0 Å². The van der Waals surface area contributed by atoms with Crippen LogP contribution in [0.2, 0.25) is 0 Å². The first-order chi connectivity index (χ1) is 10.1. The summed E-state index contributed by atoms with van der Waals surface area (Å²) in [5.41, 5.74) is 0.0891. The SMILES string of the molecule is O=C(Nc1nnc(C2CCCN2)o1)c1cc(O)cc(O)c1. The molecule has 0 spiro atoms. The van der Waals surface area contributed by atoms with Crippen LogP contribution in [-0.2, 0) is 0 Å². The van der Waals surface area contributed by atoms with Crippen LogP contribution >= 0.6 is 0 Å². The van der Waals surface area contributed by atoms with Crippen molar-refractivity contribution in [3.8, 4) is 11.5 Å². The second-order valence-corrected chi connectivity index (χ2v) is 4.79. The zero-order valence-electron chi connectivity index (χ0n) is 11.0. The number of carbonyl (C=O) groups is 1. The van der Waals surface area contributed by atoms with Crippen LogP contribution in [0.3, 0.4) is 0 Å². The normalized spacial score (nSPS) is 17.8. The molecule has 3 rings (SSSR count). The molecule has 1 unspecified atom stereocenters. The van der Waals surface area contributed by atoms with Gasteiger partial charge in [-0.25, -0.2) is 0 Å². The number of benzene rings is 1. The summed E-state index contributed by atoms with van der Waals surface area (Å²) in [5, 5.41) is 32.0. The summed E-state index contributed by atoms with van der Waals surface area (Å²) in [4.78, 5) is 12.0. The molecule has 0 radical (unpaired) electrons. The van der Waals surface area contributed by atoms with E-state index in [0.29, 0.717) is 5.89 Å². The van der Waals surface area contributed by atoms with Crippen molar-refractivity contribution in [1.29, 1.82) is 0 Å². The van der Waals surface area contributed by atoms with Crippen molar-refractivity contribution < 1.29 is 19.4 Å². The van der Waals surface area contributed by atoms with Crippen molar-refractivity contribution in [2.75, 3.05) is 11.9 Å². The Hall–Kier alpha value is -2.61. The van der Waals surface area contributed by atoms with Gasteiger partial charge in [-0.2, -0.15) is 0 Å². The average molecular weight is 290 g/mol. The lowest BCUT2D eigenvalue weighted by Crippen LogP contribution is -2.13. The molecule has 21 heavy (non-hydrogen) atoms. The lowest BCUT2D eigenvalue weighted by Gasteiger charge is -2.04. The molecule has 110 valence electrons. The number of carbonyl (C=O) groups excluding carboxylic acids is 1. The molecule has 1 atom stereocenters. The molecule has 1 aromatic carbocycles. The highest BCUT2D eigenvalue weighted by atomic mass is 16.4. The van der Waals surface area contributed by atoms with E-state index in [1.165, 1.54) is 12.1 Å². The van der Waals surface area contributed by atoms with Crippen LogP contribution in [0.25, 0.3) is 0 Å². The quantitative estimate of drug-likeness (QED) is 0.669. The van der Waals surface area contributed by atoms with Crippen molar-refractivity contribution in [3.05, 3.63) is 29.7 Å². The zero-order chi connectivity index (χ0) is 14.8. The molecule has 1 saturated heterocycles. The molecule has 4 N–H and O–H groups in total. The third-order valence-corrected chi connectivity index (χ3v) is 3.18. The highest BCUT2D eigenvalue weighted by Crippen LogP contribution is 2.24. The maximum Gasteiger partial charge on any atom is 0.322 e. The van der Waals surface area contributed by atoms with Gasteiger partial charge in [0.05, 0.1) is 6.04 Å². The standard InChI is InChI=1S/C13H14N4O4/c18-8-4-7(5-9(19)6-8)11(20)15-13-17-16-12(21-13)10-2-1-3-14-10/h4-6,10,14,18-19H,1-3H2,(H,15,17,20). The number of phenols is 2. The maximum atomic E-state index is 12.0. The number of nitrogens with zero attached hydrogens (tertiary/aromatic N) is 2. The summed E-state index contributed by atoms with van der Waals surface area (Å²) >= 11 is 0. The van der Waals surface area contributed by atoms with Gasteiger partial charge in [0, 0.05) is 11.6 Å². The highest BCUT2D eigenvalue weighted by molar-refractivity contribution is 6.03. The Morgan fingerprint density at radius 1 is 1.29 bits per heavy atom. The summed E-state index contributed by atoms with van der Waals surface area (Å²) in [7, 11) is 0. The van der Waals surface area contributed by atoms with Gasteiger partial charge in [0.1, 0.15) is 11.5 Å². The largest absolute Gasteiger partial charge is 0.508 e. The summed E-state index contributed by atoms with van der Waals surface area (Å²) in [6.45, 7) is 0.900. The van der Waals surface area contributed by atoms with Gasteiger partial charge in [-0.05, 0) is 31.5 Å². The molecule has 8 nitrogen and oxygen atoms in total. The summed E-state index contributed by atoms with van der Waals surface area (Å²) < 4.78 is 5.38. The molecular weight excluding hydrogens is 276 g/mol. The lowest BCUT2D eigenvalue weighted by molar-refractivity contribution is 0.102. The Bertz CT molecular complexity index is 644. The molecule has 0 aliphatic carbocycles. The van der Waals surface area contributed by atoms with E-state index < -0.39 is 5.91 Å². The van der Waals surface area contributed by atoms with Crippen LogP contribution in [0.1, 0.15) is 35.1 Å². The van der Waals surface area contributed by atoms with Gasteiger partial charge in [-0.15, -0.1) is 5.10 Å². The Labute approximate surface area is 119 Å². The van der Waals surface area contributed by atoms with E-state index in [9.17, 15) is 15.0 Å². The monoisotopic (exact) mass is 290 g/mol. The third-order valence-electron chi connectivity index (χ3n) is 3.18. The molecule has 8 heteroatoms. The van der Waals surface area contributed by atoms with Crippen LogP contribution in [0.4, 0.5) is 6.01 Å². The fourth-order valence-corrected chi connectivity index (χ4v) is 2.22. The number of amides is 1. The molecule has 1 aromatic heterocycles. The number of nitrogens with one attached hydrogen (secondary N) is 2. The lowest BCUT2D eigenvalue weighted by atomic mass is 10.2. The summed E-state index contributed by atoms with van der Waals surface area (Å²) in [5.74, 6) is -0.541.